The highest BCUT2D eigenvalue weighted by molar-refractivity contribution is 7.71. The molecule has 1 aromatic carbocycles. The number of imidazole rings is 1. The van der Waals surface area contributed by atoms with Crippen LogP contribution < -0.4 is 0 Å². The number of H-pyrrole nitrogens is 1. The Morgan fingerprint density at radius 2 is 2.00 bits per heavy atom. The third-order valence-corrected chi connectivity index (χ3v) is 4.85. The van der Waals surface area contributed by atoms with Gasteiger partial charge in [-0.25, -0.2) is 0 Å². The quantitative estimate of drug-likeness (QED) is 0.766. The van der Waals surface area contributed by atoms with E-state index in [9.17, 15) is 0 Å². The number of aromatic amines is 1. The van der Waals surface area contributed by atoms with Gasteiger partial charge in [-0.1, -0.05) is 32.3 Å². The highest BCUT2D eigenvalue weighted by Gasteiger charge is 2.28. The lowest BCUT2D eigenvalue weighted by Crippen LogP contribution is -2.26. The third-order valence-electron chi connectivity index (χ3n) is 4.53. The molecule has 0 aliphatic heterocycles. The molecule has 0 spiro atoms. The molecule has 19 heavy (non-hydrogen) atoms. The predicted molar refractivity (Wildman–Crippen MR) is 83.1 cm³/mol. The van der Waals surface area contributed by atoms with E-state index in [4.69, 9.17) is 12.2 Å². The molecule has 3 rings (SSSR count). The smallest absolute Gasteiger partial charge is 0.178 e. The molecule has 1 aromatic heterocycles. The van der Waals surface area contributed by atoms with Crippen LogP contribution in [0.2, 0.25) is 0 Å². The van der Waals surface area contributed by atoms with E-state index in [1.165, 1.54) is 48.7 Å². The Hall–Kier alpha value is -1.09. The Labute approximate surface area is 119 Å². The second kappa shape index (κ2) is 4.78. The minimum atomic E-state index is 0.413. The van der Waals surface area contributed by atoms with Crippen molar-refractivity contribution in [1.29, 1.82) is 0 Å². The molecule has 0 saturated heterocycles. The third kappa shape index (κ3) is 2.48. The van der Waals surface area contributed by atoms with Crippen LogP contribution in [0.5, 0.6) is 0 Å². The van der Waals surface area contributed by atoms with Crippen LogP contribution in [0.3, 0.4) is 0 Å². The molecule has 0 amide bonds. The number of aromatic nitrogens is 2. The lowest BCUT2D eigenvalue weighted by Gasteiger charge is -2.34. The number of hydrogen-bond acceptors (Lipinski definition) is 1. The summed E-state index contributed by atoms with van der Waals surface area (Å²) in [5.74, 6) is 0. The highest BCUT2D eigenvalue weighted by atomic mass is 32.1. The van der Waals surface area contributed by atoms with Crippen molar-refractivity contribution in [1.82, 2.24) is 9.55 Å². The number of nitrogens with zero attached hydrogens (tertiary/aromatic N) is 1. The van der Waals surface area contributed by atoms with Gasteiger partial charge in [-0.2, -0.15) is 0 Å². The van der Waals surface area contributed by atoms with Crippen molar-refractivity contribution in [3.8, 4) is 0 Å². The van der Waals surface area contributed by atoms with Crippen molar-refractivity contribution in [3.05, 3.63) is 28.5 Å². The minimum Gasteiger partial charge on any atom is -0.331 e. The summed E-state index contributed by atoms with van der Waals surface area (Å²) in [5, 5.41) is 0. The number of hydrogen-bond donors (Lipinski definition) is 1. The zero-order valence-electron chi connectivity index (χ0n) is 11.8. The summed E-state index contributed by atoms with van der Waals surface area (Å²) in [6.07, 6.45) is 6.78. The van der Waals surface area contributed by atoms with E-state index in [1.807, 2.05) is 0 Å². The fraction of sp³-hybridized carbons (Fsp3) is 0.562. The molecular formula is C16H22N2S. The Balaban J connectivity index is 2.00. The molecule has 1 N–H and O–H groups in total. The number of benzene rings is 1. The molecule has 1 aliphatic carbocycles. The SMILES string of the molecule is Cc1ccc2c(c1)[nH]c(=S)n2CC1(C)CCCCC1. The summed E-state index contributed by atoms with van der Waals surface area (Å²) in [6.45, 7) is 5.59. The van der Waals surface area contributed by atoms with E-state index in [0.29, 0.717) is 5.41 Å². The maximum Gasteiger partial charge on any atom is 0.178 e. The van der Waals surface area contributed by atoms with Crippen molar-refractivity contribution in [2.45, 2.75) is 52.5 Å². The van der Waals surface area contributed by atoms with Gasteiger partial charge in [0.1, 0.15) is 0 Å². The maximum absolute atomic E-state index is 5.52. The van der Waals surface area contributed by atoms with Crippen LogP contribution in [0, 0.1) is 17.1 Å². The van der Waals surface area contributed by atoms with Gasteiger partial charge in [0.15, 0.2) is 4.77 Å². The van der Waals surface area contributed by atoms with Crippen LogP contribution in [-0.4, -0.2) is 9.55 Å². The topological polar surface area (TPSA) is 20.7 Å². The molecular weight excluding hydrogens is 252 g/mol. The van der Waals surface area contributed by atoms with Crippen LogP contribution in [-0.2, 0) is 6.54 Å². The van der Waals surface area contributed by atoms with Gasteiger partial charge in [-0.05, 0) is 55.1 Å². The first-order valence-electron chi connectivity index (χ1n) is 7.27. The normalized spacial score (nSPS) is 18.8. The first kappa shape index (κ1) is 12.9. The molecule has 0 bridgehead atoms. The largest absolute Gasteiger partial charge is 0.331 e. The zero-order chi connectivity index (χ0) is 13.5. The molecule has 1 heterocycles. The number of aryl methyl sites for hydroxylation is 1. The monoisotopic (exact) mass is 274 g/mol. The number of nitrogens with one attached hydrogen (secondary N) is 1. The Morgan fingerprint density at radius 1 is 1.26 bits per heavy atom. The van der Waals surface area contributed by atoms with E-state index in [1.54, 1.807) is 0 Å². The van der Waals surface area contributed by atoms with Crippen molar-refractivity contribution < 1.29 is 0 Å². The summed E-state index contributed by atoms with van der Waals surface area (Å²) >= 11 is 5.52. The Bertz CT molecular complexity index is 644. The standard InChI is InChI=1S/C16H22N2S/c1-12-6-7-14-13(10-12)17-15(19)18(14)11-16(2)8-4-3-5-9-16/h6-7,10H,3-5,8-9,11H2,1-2H3,(H,17,19). The van der Waals surface area contributed by atoms with Gasteiger partial charge < -0.3 is 9.55 Å². The molecule has 0 radical (unpaired) electrons. The van der Waals surface area contributed by atoms with Crippen LogP contribution in [0.1, 0.15) is 44.6 Å². The fourth-order valence-corrected chi connectivity index (χ4v) is 3.65. The summed E-state index contributed by atoms with van der Waals surface area (Å²) in [4.78, 5) is 3.35. The first-order valence-corrected chi connectivity index (χ1v) is 7.67. The van der Waals surface area contributed by atoms with Crippen LogP contribution in [0.4, 0.5) is 0 Å². The van der Waals surface area contributed by atoms with Gasteiger partial charge >= 0.3 is 0 Å². The van der Waals surface area contributed by atoms with E-state index in [2.05, 4.69) is 41.6 Å². The van der Waals surface area contributed by atoms with Crippen LogP contribution >= 0.6 is 12.2 Å². The zero-order valence-corrected chi connectivity index (χ0v) is 12.6. The summed E-state index contributed by atoms with van der Waals surface area (Å²) in [7, 11) is 0. The number of fused-ring (bicyclic) bond motifs is 1. The molecule has 1 saturated carbocycles. The number of rotatable bonds is 2. The second-order valence-electron chi connectivity index (χ2n) is 6.41. The molecule has 102 valence electrons. The summed E-state index contributed by atoms with van der Waals surface area (Å²) in [5.41, 5.74) is 4.11. The summed E-state index contributed by atoms with van der Waals surface area (Å²) < 4.78 is 3.17. The maximum atomic E-state index is 5.52. The van der Waals surface area contributed by atoms with Crippen molar-refractivity contribution in [2.24, 2.45) is 5.41 Å². The van der Waals surface area contributed by atoms with Crippen LogP contribution in [0.15, 0.2) is 18.2 Å². The average Bonchev–Trinajstić information content (AvgIpc) is 2.65. The molecule has 2 aromatic rings. The van der Waals surface area contributed by atoms with E-state index >= 15 is 0 Å². The second-order valence-corrected chi connectivity index (χ2v) is 6.79. The van der Waals surface area contributed by atoms with Crippen molar-refractivity contribution in [3.63, 3.8) is 0 Å². The lowest BCUT2D eigenvalue weighted by atomic mass is 9.75. The summed E-state index contributed by atoms with van der Waals surface area (Å²) in [6, 6.07) is 6.55. The minimum absolute atomic E-state index is 0.413. The average molecular weight is 274 g/mol. The van der Waals surface area contributed by atoms with E-state index in [0.717, 1.165) is 11.3 Å². The molecule has 1 fully saturated rings. The van der Waals surface area contributed by atoms with Gasteiger partial charge in [-0.3, -0.25) is 0 Å². The van der Waals surface area contributed by atoms with E-state index in [-0.39, 0.29) is 0 Å². The van der Waals surface area contributed by atoms with E-state index < -0.39 is 0 Å². The Morgan fingerprint density at radius 3 is 2.74 bits per heavy atom. The van der Waals surface area contributed by atoms with Gasteiger partial charge in [0, 0.05) is 6.54 Å². The van der Waals surface area contributed by atoms with Gasteiger partial charge in [0.05, 0.1) is 11.0 Å². The van der Waals surface area contributed by atoms with Gasteiger partial charge in [-0.15, -0.1) is 0 Å². The molecule has 2 nitrogen and oxygen atoms in total. The molecule has 0 unspecified atom stereocenters. The van der Waals surface area contributed by atoms with Crippen LogP contribution in [0.25, 0.3) is 11.0 Å². The first-order chi connectivity index (χ1) is 9.07. The van der Waals surface area contributed by atoms with Crippen molar-refractivity contribution in [2.75, 3.05) is 0 Å². The highest BCUT2D eigenvalue weighted by Crippen LogP contribution is 2.38. The van der Waals surface area contributed by atoms with Gasteiger partial charge in [0.2, 0.25) is 0 Å². The van der Waals surface area contributed by atoms with Crippen molar-refractivity contribution >= 4 is 23.3 Å². The molecule has 1 aliphatic rings. The molecule has 0 atom stereocenters. The van der Waals surface area contributed by atoms with Gasteiger partial charge in [0.25, 0.3) is 0 Å². The molecule has 3 heteroatoms. The predicted octanol–water partition coefficient (Wildman–Crippen LogP) is 4.98. The Kier molecular flexibility index (Phi) is 3.25. The lowest BCUT2D eigenvalue weighted by molar-refractivity contribution is 0.184. The fourth-order valence-electron chi connectivity index (χ4n) is 3.38.